The van der Waals surface area contributed by atoms with E-state index in [-0.39, 0.29) is 11.9 Å². The fraction of sp³-hybridized carbons (Fsp3) is 0.316. The number of anilines is 1. The van der Waals surface area contributed by atoms with Crippen molar-refractivity contribution >= 4 is 11.5 Å². The lowest BCUT2D eigenvalue weighted by Gasteiger charge is -2.25. The topological polar surface area (TPSA) is 41.6 Å². The van der Waals surface area contributed by atoms with E-state index in [1.165, 1.54) is 5.56 Å². The Morgan fingerprint density at radius 3 is 2.83 bits per heavy atom. The molecular formula is C19H22N2O2. The Bertz CT molecular complexity index is 685. The highest BCUT2D eigenvalue weighted by Crippen LogP contribution is 2.30. The summed E-state index contributed by atoms with van der Waals surface area (Å²) >= 11 is 0. The molecule has 1 N–H and O–H groups in total. The van der Waals surface area contributed by atoms with E-state index < -0.39 is 0 Å². The zero-order valence-corrected chi connectivity index (χ0v) is 13.6. The zero-order chi connectivity index (χ0) is 16.2. The molecule has 0 spiro atoms. The predicted molar refractivity (Wildman–Crippen MR) is 92.1 cm³/mol. The molecule has 0 saturated carbocycles. The van der Waals surface area contributed by atoms with E-state index in [1.54, 1.807) is 0 Å². The molecule has 1 atom stereocenters. The number of rotatable bonds is 5. The van der Waals surface area contributed by atoms with Gasteiger partial charge in [-0.1, -0.05) is 30.3 Å². The van der Waals surface area contributed by atoms with Crippen molar-refractivity contribution in [2.45, 2.75) is 19.6 Å². The minimum absolute atomic E-state index is 0.117. The molecule has 0 amide bonds. The van der Waals surface area contributed by atoms with Gasteiger partial charge in [0, 0.05) is 12.1 Å². The molecule has 2 aromatic rings. The Morgan fingerprint density at radius 1 is 1.26 bits per heavy atom. The minimum atomic E-state index is 0.117. The van der Waals surface area contributed by atoms with E-state index in [1.807, 2.05) is 55.3 Å². The van der Waals surface area contributed by atoms with Crippen molar-refractivity contribution in [1.29, 1.82) is 0 Å². The summed E-state index contributed by atoms with van der Waals surface area (Å²) < 4.78 is 5.74. The molecule has 0 aliphatic carbocycles. The van der Waals surface area contributed by atoms with Crippen molar-refractivity contribution < 1.29 is 9.53 Å². The van der Waals surface area contributed by atoms with Gasteiger partial charge in [0.25, 0.3) is 0 Å². The van der Waals surface area contributed by atoms with Crippen LogP contribution in [0.4, 0.5) is 5.69 Å². The average molecular weight is 310 g/mol. The van der Waals surface area contributed by atoms with Gasteiger partial charge in [-0.05, 0) is 37.7 Å². The SMILES string of the molecule is CC1CNc2cc(C(=O)CN(C)Cc3ccccc3)ccc2O1. The summed E-state index contributed by atoms with van der Waals surface area (Å²) in [7, 11) is 1.96. The van der Waals surface area contributed by atoms with E-state index in [4.69, 9.17) is 4.74 Å². The Labute approximate surface area is 137 Å². The molecule has 0 saturated heterocycles. The highest BCUT2D eigenvalue weighted by Gasteiger charge is 2.18. The monoisotopic (exact) mass is 310 g/mol. The first-order chi connectivity index (χ1) is 11.1. The normalized spacial score (nSPS) is 16.4. The number of likely N-dealkylation sites (N-methyl/N-ethyl adjacent to an activating group) is 1. The van der Waals surface area contributed by atoms with Crippen LogP contribution in [-0.2, 0) is 6.54 Å². The van der Waals surface area contributed by atoms with Gasteiger partial charge >= 0.3 is 0 Å². The first kappa shape index (κ1) is 15.6. The third-order valence-electron chi connectivity index (χ3n) is 3.92. The molecule has 3 rings (SSSR count). The number of carbonyl (C=O) groups excluding carboxylic acids is 1. The molecule has 1 heterocycles. The molecule has 0 fully saturated rings. The second kappa shape index (κ2) is 6.84. The molecule has 1 aliphatic rings. The number of carbonyl (C=O) groups is 1. The van der Waals surface area contributed by atoms with Crippen molar-refractivity contribution in [3.8, 4) is 5.75 Å². The Morgan fingerprint density at radius 2 is 2.04 bits per heavy atom. The summed E-state index contributed by atoms with van der Waals surface area (Å²) in [5.74, 6) is 0.935. The lowest BCUT2D eigenvalue weighted by molar-refractivity contribution is 0.0943. The highest BCUT2D eigenvalue weighted by molar-refractivity contribution is 5.98. The number of ketones is 1. The predicted octanol–water partition coefficient (Wildman–Crippen LogP) is 3.19. The third kappa shape index (κ3) is 3.90. The maximum Gasteiger partial charge on any atom is 0.176 e. The third-order valence-corrected chi connectivity index (χ3v) is 3.92. The fourth-order valence-corrected chi connectivity index (χ4v) is 2.74. The lowest BCUT2D eigenvalue weighted by atomic mass is 10.1. The van der Waals surface area contributed by atoms with Gasteiger partial charge in [0.1, 0.15) is 11.9 Å². The van der Waals surface area contributed by atoms with E-state index in [0.717, 1.165) is 24.5 Å². The Balaban J connectivity index is 1.64. The molecule has 4 nitrogen and oxygen atoms in total. The molecule has 0 aromatic heterocycles. The van der Waals surface area contributed by atoms with Crippen LogP contribution < -0.4 is 10.1 Å². The van der Waals surface area contributed by atoms with E-state index in [0.29, 0.717) is 12.1 Å². The summed E-state index contributed by atoms with van der Waals surface area (Å²) in [6.07, 6.45) is 0.154. The maximum absolute atomic E-state index is 12.5. The summed E-state index contributed by atoms with van der Waals surface area (Å²) in [5, 5.41) is 3.31. The van der Waals surface area contributed by atoms with Gasteiger partial charge in [-0.3, -0.25) is 9.69 Å². The highest BCUT2D eigenvalue weighted by atomic mass is 16.5. The molecule has 120 valence electrons. The number of nitrogens with zero attached hydrogens (tertiary/aromatic N) is 1. The van der Waals surface area contributed by atoms with Crippen LogP contribution in [0.3, 0.4) is 0 Å². The molecule has 1 unspecified atom stereocenters. The van der Waals surface area contributed by atoms with Crippen LogP contribution in [0.1, 0.15) is 22.8 Å². The Hall–Kier alpha value is -2.33. The average Bonchev–Trinajstić information content (AvgIpc) is 2.55. The van der Waals surface area contributed by atoms with Crippen molar-refractivity contribution in [3.05, 3.63) is 59.7 Å². The van der Waals surface area contributed by atoms with E-state index in [2.05, 4.69) is 17.4 Å². The van der Waals surface area contributed by atoms with Crippen LogP contribution >= 0.6 is 0 Å². The van der Waals surface area contributed by atoms with Crippen LogP contribution in [-0.4, -0.2) is 36.9 Å². The summed E-state index contributed by atoms with van der Waals surface area (Å²) in [6.45, 7) is 3.94. The summed E-state index contributed by atoms with van der Waals surface area (Å²) in [5.41, 5.74) is 2.83. The van der Waals surface area contributed by atoms with Crippen LogP contribution in [0.25, 0.3) is 0 Å². The number of nitrogens with one attached hydrogen (secondary N) is 1. The van der Waals surface area contributed by atoms with Gasteiger partial charge in [-0.25, -0.2) is 0 Å². The summed E-state index contributed by atoms with van der Waals surface area (Å²) in [4.78, 5) is 14.5. The molecule has 23 heavy (non-hydrogen) atoms. The van der Waals surface area contributed by atoms with Crippen LogP contribution in [0.2, 0.25) is 0 Å². The molecular weight excluding hydrogens is 288 g/mol. The first-order valence-corrected chi connectivity index (χ1v) is 7.92. The quantitative estimate of drug-likeness (QED) is 0.861. The van der Waals surface area contributed by atoms with Gasteiger partial charge in [0.05, 0.1) is 18.8 Å². The van der Waals surface area contributed by atoms with Gasteiger partial charge in [-0.2, -0.15) is 0 Å². The first-order valence-electron chi connectivity index (χ1n) is 7.92. The zero-order valence-electron chi connectivity index (χ0n) is 13.6. The van der Waals surface area contributed by atoms with Crippen molar-refractivity contribution in [2.75, 3.05) is 25.5 Å². The second-order valence-electron chi connectivity index (χ2n) is 6.10. The van der Waals surface area contributed by atoms with Crippen LogP contribution in [0.5, 0.6) is 5.75 Å². The number of benzene rings is 2. The second-order valence-corrected chi connectivity index (χ2v) is 6.10. The number of hydrogen-bond acceptors (Lipinski definition) is 4. The van der Waals surface area contributed by atoms with Gasteiger partial charge in [0.2, 0.25) is 0 Å². The molecule has 2 aromatic carbocycles. The van der Waals surface area contributed by atoms with Gasteiger partial charge in [-0.15, -0.1) is 0 Å². The van der Waals surface area contributed by atoms with Gasteiger partial charge in [0.15, 0.2) is 5.78 Å². The number of fused-ring (bicyclic) bond motifs is 1. The van der Waals surface area contributed by atoms with Crippen molar-refractivity contribution in [1.82, 2.24) is 4.90 Å². The molecule has 0 radical (unpaired) electrons. The lowest BCUT2D eigenvalue weighted by Crippen LogP contribution is -2.28. The summed E-state index contributed by atoms with van der Waals surface area (Å²) in [6, 6.07) is 15.8. The fourth-order valence-electron chi connectivity index (χ4n) is 2.74. The smallest absolute Gasteiger partial charge is 0.176 e. The number of hydrogen-bond donors (Lipinski definition) is 1. The van der Waals surface area contributed by atoms with E-state index in [9.17, 15) is 4.79 Å². The van der Waals surface area contributed by atoms with Crippen molar-refractivity contribution in [3.63, 3.8) is 0 Å². The van der Waals surface area contributed by atoms with Gasteiger partial charge < -0.3 is 10.1 Å². The maximum atomic E-state index is 12.5. The Kier molecular flexibility index (Phi) is 4.63. The molecule has 4 heteroatoms. The van der Waals surface area contributed by atoms with E-state index >= 15 is 0 Å². The standard InChI is InChI=1S/C19H22N2O2/c1-14-11-20-17-10-16(8-9-19(17)23-14)18(22)13-21(2)12-15-6-4-3-5-7-15/h3-10,14,20H,11-13H2,1-2H3. The van der Waals surface area contributed by atoms with Crippen molar-refractivity contribution in [2.24, 2.45) is 0 Å². The molecule has 0 bridgehead atoms. The van der Waals surface area contributed by atoms with Crippen LogP contribution in [0.15, 0.2) is 48.5 Å². The minimum Gasteiger partial charge on any atom is -0.487 e. The number of ether oxygens (including phenoxy) is 1. The largest absolute Gasteiger partial charge is 0.487 e. The van der Waals surface area contributed by atoms with Crippen LogP contribution in [0, 0.1) is 0 Å². The molecule has 1 aliphatic heterocycles. The number of Topliss-reactive ketones (excluding diaryl/α,β-unsaturated/α-hetero) is 1.